The molecule has 0 radical (unpaired) electrons. The number of benzene rings is 5. The molecule has 3 heteroatoms. The van der Waals surface area contributed by atoms with Crippen LogP contribution in [-0.2, 0) is 4.75 Å². The minimum absolute atomic E-state index is 0.0795. The van der Waals surface area contributed by atoms with Gasteiger partial charge in [0.05, 0.1) is 10.00 Å². The van der Waals surface area contributed by atoms with Gasteiger partial charge in [0, 0.05) is 5.56 Å². The molecule has 0 bridgehead atoms. The Morgan fingerprint density at radius 2 is 1.00 bits per heavy atom. The van der Waals surface area contributed by atoms with Gasteiger partial charge in [-0.05, 0) is 40.5 Å². The fourth-order valence-corrected chi connectivity index (χ4v) is 6.35. The third-order valence-corrected chi connectivity index (χ3v) is 8.03. The van der Waals surface area contributed by atoms with Crippen LogP contribution >= 0.6 is 11.8 Å². The normalized spacial score (nSPS) is 12.3. The van der Waals surface area contributed by atoms with E-state index in [9.17, 15) is 9.50 Å². The van der Waals surface area contributed by atoms with Gasteiger partial charge in [-0.2, -0.15) is 0 Å². The van der Waals surface area contributed by atoms with Gasteiger partial charge >= 0.3 is 0 Å². The Labute approximate surface area is 209 Å². The van der Waals surface area contributed by atoms with Crippen LogP contribution in [0, 0.1) is 5.82 Å². The van der Waals surface area contributed by atoms with Crippen molar-refractivity contribution in [1.82, 2.24) is 0 Å². The third kappa shape index (κ3) is 4.60. The molecule has 0 amide bonds. The van der Waals surface area contributed by atoms with Crippen LogP contribution in [0.1, 0.15) is 33.1 Å². The molecule has 0 aromatic heterocycles. The van der Waals surface area contributed by atoms with E-state index in [4.69, 9.17) is 0 Å². The Bertz CT molecular complexity index is 1280. The molecule has 0 spiro atoms. The molecule has 0 saturated carbocycles. The molecule has 1 atom stereocenters. The standard InChI is InChI=1S/C32H25FOS/c33-28-21-22-30(34)29(23-28)31(24-13-5-1-6-14-24)35-32(25-15-7-2-8-16-25,26-17-9-3-10-18-26)27-19-11-4-12-20-27/h1-23,31,34H/t31-/m1/s1. The number of thioether (sulfide) groups is 1. The number of hydrogen-bond donors (Lipinski definition) is 1. The zero-order chi connectivity index (χ0) is 24.1. The first kappa shape index (κ1) is 22.9. The van der Waals surface area contributed by atoms with Crippen molar-refractivity contribution in [1.29, 1.82) is 0 Å². The fourth-order valence-electron chi connectivity index (χ4n) is 4.57. The van der Waals surface area contributed by atoms with Gasteiger partial charge in [0.2, 0.25) is 0 Å². The van der Waals surface area contributed by atoms with Gasteiger partial charge in [0.1, 0.15) is 11.6 Å². The average Bonchev–Trinajstić information content (AvgIpc) is 2.93. The molecule has 0 aliphatic carbocycles. The number of halogens is 1. The summed E-state index contributed by atoms with van der Waals surface area (Å²) in [6.07, 6.45) is 0. The number of phenolic OH excluding ortho intramolecular Hbond substituents is 1. The van der Waals surface area contributed by atoms with Gasteiger partial charge in [-0.25, -0.2) is 4.39 Å². The molecule has 0 aliphatic rings. The van der Waals surface area contributed by atoms with E-state index in [-0.39, 0.29) is 16.8 Å². The second-order valence-corrected chi connectivity index (χ2v) is 9.71. The lowest BCUT2D eigenvalue weighted by molar-refractivity contribution is 0.466. The molecule has 0 unspecified atom stereocenters. The molecule has 1 nitrogen and oxygen atoms in total. The maximum absolute atomic E-state index is 14.5. The van der Waals surface area contributed by atoms with Gasteiger partial charge in [-0.15, -0.1) is 11.8 Å². The van der Waals surface area contributed by atoms with Gasteiger partial charge in [-0.3, -0.25) is 0 Å². The quantitative estimate of drug-likeness (QED) is 0.238. The van der Waals surface area contributed by atoms with Gasteiger partial charge in [0.25, 0.3) is 0 Å². The molecule has 35 heavy (non-hydrogen) atoms. The lowest BCUT2D eigenvalue weighted by atomic mass is 9.84. The first-order valence-electron chi connectivity index (χ1n) is 11.6. The summed E-state index contributed by atoms with van der Waals surface area (Å²) in [5.41, 5.74) is 4.87. The average molecular weight is 477 g/mol. The highest BCUT2D eigenvalue weighted by molar-refractivity contribution is 8.01. The van der Waals surface area contributed by atoms with Crippen molar-refractivity contribution in [2.75, 3.05) is 0 Å². The van der Waals surface area contributed by atoms with E-state index in [2.05, 4.69) is 36.4 Å². The smallest absolute Gasteiger partial charge is 0.123 e. The van der Waals surface area contributed by atoms with Crippen molar-refractivity contribution in [3.05, 3.63) is 173 Å². The summed E-state index contributed by atoms with van der Waals surface area (Å²) >= 11 is 1.70. The predicted molar refractivity (Wildman–Crippen MR) is 143 cm³/mol. The Morgan fingerprint density at radius 1 is 0.571 bits per heavy atom. The molecule has 1 N–H and O–H groups in total. The highest BCUT2D eigenvalue weighted by atomic mass is 32.2. The van der Waals surface area contributed by atoms with E-state index < -0.39 is 4.75 Å². The summed E-state index contributed by atoms with van der Waals surface area (Å²) in [6.45, 7) is 0. The molecule has 5 aromatic carbocycles. The maximum atomic E-state index is 14.5. The maximum Gasteiger partial charge on any atom is 0.123 e. The van der Waals surface area contributed by atoms with Crippen LogP contribution in [0.15, 0.2) is 140 Å². The molecular formula is C32H25FOS. The van der Waals surface area contributed by atoms with E-state index in [1.54, 1.807) is 11.8 Å². The van der Waals surface area contributed by atoms with Crippen molar-refractivity contribution in [2.45, 2.75) is 10.00 Å². The lowest BCUT2D eigenvalue weighted by Crippen LogP contribution is -2.27. The topological polar surface area (TPSA) is 20.2 Å². The minimum Gasteiger partial charge on any atom is -0.508 e. The largest absolute Gasteiger partial charge is 0.508 e. The van der Waals surface area contributed by atoms with Crippen molar-refractivity contribution < 1.29 is 9.50 Å². The van der Waals surface area contributed by atoms with Gasteiger partial charge < -0.3 is 5.11 Å². The summed E-state index contributed by atoms with van der Waals surface area (Å²) in [6, 6.07) is 45.4. The van der Waals surface area contributed by atoms with Crippen LogP contribution < -0.4 is 0 Å². The molecule has 172 valence electrons. The van der Waals surface area contributed by atoms with Crippen molar-refractivity contribution in [3.63, 3.8) is 0 Å². The van der Waals surface area contributed by atoms with Crippen molar-refractivity contribution in [2.24, 2.45) is 0 Å². The van der Waals surface area contributed by atoms with Crippen LogP contribution in [0.4, 0.5) is 4.39 Å². The first-order chi connectivity index (χ1) is 17.2. The van der Waals surface area contributed by atoms with E-state index in [1.165, 1.54) is 18.2 Å². The van der Waals surface area contributed by atoms with Crippen LogP contribution in [0.25, 0.3) is 0 Å². The summed E-state index contributed by atoms with van der Waals surface area (Å²) in [5, 5.41) is 10.6. The van der Waals surface area contributed by atoms with E-state index >= 15 is 0 Å². The van der Waals surface area contributed by atoms with Crippen molar-refractivity contribution in [3.8, 4) is 5.75 Å². The highest BCUT2D eigenvalue weighted by Gasteiger charge is 2.40. The van der Waals surface area contributed by atoms with Gasteiger partial charge in [-0.1, -0.05) is 121 Å². The zero-order valence-electron chi connectivity index (χ0n) is 19.1. The number of hydrogen-bond acceptors (Lipinski definition) is 2. The molecular weight excluding hydrogens is 451 g/mol. The SMILES string of the molecule is Oc1ccc(F)cc1[C@H](SC(c1ccccc1)(c1ccccc1)c1ccccc1)c1ccccc1. The summed E-state index contributed by atoms with van der Waals surface area (Å²) in [5.74, 6) is -0.292. The minimum atomic E-state index is -0.622. The van der Waals surface area contributed by atoms with Crippen LogP contribution in [0.2, 0.25) is 0 Å². The second kappa shape index (κ2) is 10.2. The number of aromatic hydroxyl groups is 1. The molecule has 0 heterocycles. The van der Waals surface area contributed by atoms with Crippen molar-refractivity contribution >= 4 is 11.8 Å². The lowest BCUT2D eigenvalue weighted by Gasteiger charge is -2.38. The highest BCUT2D eigenvalue weighted by Crippen LogP contribution is 2.56. The summed E-state index contributed by atoms with van der Waals surface area (Å²) in [7, 11) is 0. The Hall–Kier alpha value is -3.82. The summed E-state index contributed by atoms with van der Waals surface area (Å²) in [4.78, 5) is 0. The van der Waals surface area contributed by atoms with E-state index in [1.807, 2.05) is 84.9 Å². The van der Waals surface area contributed by atoms with Gasteiger partial charge in [0.15, 0.2) is 0 Å². The predicted octanol–water partition coefficient (Wildman–Crippen LogP) is 8.35. The van der Waals surface area contributed by atoms with E-state index in [0.717, 1.165) is 22.3 Å². The third-order valence-electron chi connectivity index (χ3n) is 6.21. The van der Waals surface area contributed by atoms with Crippen LogP contribution in [0.5, 0.6) is 5.75 Å². The fraction of sp³-hybridized carbons (Fsp3) is 0.0625. The number of rotatable bonds is 7. The van der Waals surface area contributed by atoms with Crippen LogP contribution in [-0.4, -0.2) is 5.11 Å². The molecule has 0 fully saturated rings. The molecule has 5 rings (SSSR count). The molecule has 0 aliphatic heterocycles. The Balaban J connectivity index is 1.81. The molecule has 5 aromatic rings. The van der Waals surface area contributed by atoms with Crippen LogP contribution in [0.3, 0.4) is 0 Å². The van der Waals surface area contributed by atoms with E-state index in [0.29, 0.717) is 5.56 Å². The Kier molecular flexibility index (Phi) is 6.69. The first-order valence-corrected chi connectivity index (χ1v) is 12.4. The zero-order valence-corrected chi connectivity index (χ0v) is 19.9. The Morgan fingerprint density at radius 3 is 1.46 bits per heavy atom. The molecule has 0 saturated heterocycles. The number of phenols is 1. The monoisotopic (exact) mass is 476 g/mol. The summed E-state index contributed by atoms with van der Waals surface area (Å²) < 4.78 is 13.9. The second-order valence-electron chi connectivity index (χ2n) is 8.39.